The highest BCUT2D eigenvalue weighted by molar-refractivity contribution is 6.13. The summed E-state index contributed by atoms with van der Waals surface area (Å²) < 4.78 is 4.61. The molecule has 0 amide bonds. The number of para-hydroxylation sites is 2. The highest BCUT2D eigenvalue weighted by Gasteiger charge is 2.38. The second-order valence-corrected chi connectivity index (χ2v) is 20.2. The topological polar surface area (TPSA) is 96.1 Å². The zero-order valence-corrected chi connectivity index (χ0v) is 40.0. The van der Waals surface area contributed by atoms with Crippen molar-refractivity contribution < 1.29 is 0 Å². The van der Waals surface area contributed by atoms with Gasteiger partial charge in [0.2, 0.25) is 0 Å². The van der Waals surface area contributed by atoms with E-state index in [1.807, 2.05) is 66.7 Å². The number of hydrogen-bond acceptors (Lipinski definition) is 5. The molecule has 7 heteroatoms. The zero-order valence-electron chi connectivity index (χ0n) is 40.0. The average molecular weight is 922 g/mol. The van der Waals surface area contributed by atoms with Crippen molar-refractivity contribution in [3.8, 4) is 79.9 Å². The summed E-state index contributed by atoms with van der Waals surface area (Å²) in [6.07, 6.45) is 0. The van der Waals surface area contributed by atoms with E-state index in [0.29, 0.717) is 39.7 Å². The van der Waals surface area contributed by atoms with Gasteiger partial charge in [0.1, 0.15) is 0 Å². The van der Waals surface area contributed by atoms with Crippen LogP contribution in [0.5, 0.6) is 0 Å². The molecule has 72 heavy (non-hydrogen) atoms. The quantitative estimate of drug-likeness (QED) is 0.171. The Balaban J connectivity index is 1.05. The zero-order chi connectivity index (χ0) is 48.6. The highest BCUT2D eigenvalue weighted by Crippen LogP contribution is 2.53. The lowest BCUT2D eigenvalue weighted by molar-refractivity contribution is 0.661. The molecule has 0 atom stereocenters. The van der Waals surface area contributed by atoms with Crippen molar-refractivity contribution in [1.82, 2.24) is 24.1 Å². The van der Waals surface area contributed by atoms with Crippen LogP contribution in [-0.4, -0.2) is 24.1 Å². The lowest BCUT2D eigenvalue weighted by atomic mass is 9.82. The summed E-state index contributed by atoms with van der Waals surface area (Å²) in [6, 6.07) is 70.3. The van der Waals surface area contributed by atoms with Gasteiger partial charge in [-0.25, -0.2) is 15.0 Å². The molecule has 0 aliphatic heterocycles. The van der Waals surface area contributed by atoms with E-state index in [0.717, 1.165) is 60.5 Å². The van der Waals surface area contributed by atoms with E-state index < -0.39 is 0 Å². The maximum absolute atomic E-state index is 10.6. The van der Waals surface area contributed by atoms with E-state index in [1.165, 1.54) is 44.5 Å². The average Bonchev–Trinajstić information content (AvgIpc) is 4.07. The van der Waals surface area contributed by atoms with Gasteiger partial charge in [0.05, 0.1) is 56.7 Å². The smallest absolute Gasteiger partial charge is 0.166 e. The van der Waals surface area contributed by atoms with Gasteiger partial charge in [-0.05, 0) is 117 Å². The molecule has 3 heterocycles. The van der Waals surface area contributed by atoms with Crippen molar-refractivity contribution in [2.45, 2.75) is 38.5 Å². The lowest BCUT2D eigenvalue weighted by Gasteiger charge is -2.21. The van der Waals surface area contributed by atoms with Crippen LogP contribution in [0.15, 0.2) is 188 Å². The summed E-state index contributed by atoms with van der Waals surface area (Å²) in [7, 11) is 0. The Bertz CT molecular complexity index is 4160. The third-order valence-electron chi connectivity index (χ3n) is 15.6. The Morgan fingerprint density at radius 3 is 1.24 bits per heavy atom. The van der Waals surface area contributed by atoms with Gasteiger partial charge in [0, 0.05) is 49.1 Å². The standard InChI is InChI=1S/C65H43N7/c1-64(2)51-22-12-8-18-41(51)45-34-59-47(32-53(45)64)43-20-10-14-24-55(43)71(59)57-28-26-38(36-66)30-49(57)62-68-61(40-16-6-5-7-17-40)69-63(70-62)50-31-39(37-67)27-29-58(50)72-56-25-15-11-21-44(56)48-33-54-46(35-60(48)72)42-19-9-13-23-52(42)65(54,3)4/h5-35H,1-4H3. The van der Waals surface area contributed by atoms with E-state index in [2.05, 4.69) is 170 Å². The monoisotopic (exact) mass is 921 g/mol. The fourth-order valence-corrected chi connectivity index (χ4v) is 12.1. The maximum Gasteiger partial charge on any atom is 0.166 e. The molecule has 338 valence electrons. The Kier molecular flexibility index (Phi) is 8.67. The highest BCUT2D eigenvalue weighted by atomic mass is 15.1. The van der Waals surface area contributed by atoms with Crippen molar-refractivity contribution in [3.05, 3.63) is 221 Å². The van der Waals surface area contributed by atoms with Gasteiger partial charge in [-0.15, -0.1) is 0 Å². The Morgan fingerprint density at radius 2 is 0.764 bits per heavy atom. The van der Waals surface area contributed by atoms with Crippen molar-refractivity contribution in [1.29, 1.82) is 10.5 Å². The van der Waals surface area contributed by atoms with E-state index >= 15 is 0 Å². The molecular weight excluding hydrogens is 879 g/mol. The molecule has 0 unspecified atom stereocenters. The van der Waals surface area contributed by atoms with Gasteiger partial charge in [-0.1, -0.05) is 143 Å². The van der Waals surface area contributed by atoms with E-state index in [1.54, 1.807) is 0 Å². The number of hydrogen-bond donors (Lipinski definition) is 0. The fraction of sp³-hybridized carbons (Fsp3) is 0.0923. The molecule has 12 aromatic rings. The van der Waals surface area contributed by atoms with Crippen molar-refractivity contribution in [2.24, 2.45) is 0 Å². The first kappa shape index (κ1) is 41.5. The number of nitriles is 2. The predicted octanol–water partition coefficient (Wildman–Crippen LogP) is 15.4. The van der Waals surface area contributed by atoms with Crippen LogP contribution in [0.3, 0.4) is 0 Å². The van der Waals surface area contributed by atoms with Gasteiger partial charge in [0.15, 0.2) is 17.5 Å². The van der Waals surface area contributed by atoms with Crippen molar-refractivity contribution >= 4 is 43.6 Å². The molecule has 0 N–H and O–H groups in total. The summed E-state index contributed by atoms with van der Waals surface area (Å²) in [5, 5.41) is 25.7. The molecular formula is C65H43N7. The molecule has 7 nitrogen and oxygen atoms in total. The maximum atomic E-state index is 10.6. The fourth-order valence-electron chi connectivity index (χ4n) is 12.1. The molecule has 0 saturated heterocycles. The first-order chi connectivity index (χ1) is 35.1. The molecule has 3 aromatic heterocycles. The summed E-state index contributed by atoms with van der Waals surface area (Å²) in [6.45, 7) is 9.26. The SMILES string of the molecule is CC1(C)c2ccccc2-c2cc3c(cc21)c1ccccc1n3-c1ccc(C#N)cc1-c1nc(-c2ccccc2)nc(-c2cc(C#N)ccc2-n2c3ccccc3c3cc4c(cc32)-c2ccccc2C4(C)C)n1. The van der Waals surface area contributed by atoms with Crippen molar-refractivity contribution in [2.75, 3.05) is 0 Å². The number of aromatic nitrogens is 5. The molecule has 9 aromatic carbocycles. The summed E-state index contributed by atoms with van der Waals surface area (Å²) in [4.78, 5) is 16.1. The van der Waals surface area contributed by atoms with Crippen LogP contribution in [0.25, 0.3) is 111 Å². The van der Waals surface area contributed by atoms with Gasteiger partial charge >= 0.3 is 0 Å². The largest absolute Gasteiger partial charge is 0.308 e. The number of nitrogens with zero attached hydrogens (tertiary/aromatic N) is 7. The molecule has 0 spiro atoms. The van der Waals surface area contributed by atoms with Crippen LogP contribution >= 0.6 is 0 Å². The van der Waals surface area contributed by atoms with E-state index in [9.17, 15) is 10.5 Å². The molecule has 0 radical (unpaired) electrons. The lowest BCUT2D eigenvalue weighted by Crippen LogP contribution is -2.14. The van der Waals surface area contributed by atoms with Crippen LogP contribution in [0.4, 0.5) is 0 Å². The summed E-state index contributed by atoms with van der Waals surface area (Å²) in [5.41, 5.74) is 18.6. The van der Waals surface area contributed by atoms with Crippen LogP contribution in [0.2, 0.25) is 0 Å². The van der Waals surface area contributed by atoms with Gasteiger partial charge in [-0.2, -0.15) is 10.5 Å². The van der Waals surface area contributed by atoms with Crippen LogP contribution in [0.1, 0.15) is 61.1 Å². The van der Waals surface area contributed by atoms with Crippen LogP contribution in [0, 0.1) is 22.7 Å². The van der Waals surface area contributed by atoms with Gasteiger partial charge < -0.3 is 9.13 Å². The minimum Gasteiger partial charge on any atom is -0.308 e. The molecule has 14 rings (SSSR count). The normalized spacial score (nSPS) is 13.8. The first-order valence-electron chi connectivity index (χ1n) is 24.4. The Labute approximate surface area is 416 Å². The van der Waals surface area contributed by atoms with Crippen molar-refractivity contribution in [3.63, 3.8) is 0 Å². The van der Waals surface area contributed by atoms with Crippen LogP contribution < -0.4 is 0 Å². The third kappa shape index (κ3) is 5.80. The number of benzene rings is 9. The minimum absolute atomic E-state index is 0.179. The second kappa shape index (κ2) is 15.0. The molecule has 0 bridgehead atoms. The van der Waals surface area contributed by atoms with E-state index in [-0.39, 0.29) is 10.8 Å². The van der Waals surface area contributed by atoms with Gasteiger partial charge in [-0.3, -0.25) is 0 Å². The Morgan fingerprint density at radius 1 is 0.347 bits per heavy atom. The molecule has 0 saturated carbocycles. The predicted molar refractivity (Wildman–Crippen MR) is 289 cm³/mol. The first-order valence-corrected chi connectivity index (χ1v) is 24.4. The molecule has 2 aliphatic carbocycles. The summed E-state index contributed by atoms with van der Waals surface area (Å²) >= 11 is 0. The summed E-state index contributed by atoms with van der Waals surface area (Å²) in [5.74, 6) is 1.27. The minimum atomic E-state index is -0.179. The van der Waals surface area contributed by atoms with Gasteiger partial charge in [0.25, 0.3) is 0 Å². The Hall–Kier alpha value is -9.43. The van der Waals surface area contributed by atoms with E-state index in [4.69, 9.17) is 15.0 Å². The van der Waals surface area contributed by atoms with Crippen LogP contribution in [-0.2, 0) is 10.8 Å². The number of rotatable bonds is 5. The molecule has 2 aliphatic rings. The molecule has 0 fully saturated rings. The second-order valence-electron chi connectivity index (χ2n) is 20.2. The third-order valence-corrected chi connectivity index (χ3v) is 15.6. The number of fused-ring (bicyclic) bond motifs is 12.